The van der Waals surface area contributed by atoms with Gasteiger partial charge in [0.1, 0.15) is 0 Å². The van der Waals surface area contributed by atoms with Crippen molar-refractivity contribution in [2.24, 2.45) is 11.8 Å². The smallest absolute Gasteiger partial charge is 0.0822 e. The molecule has 0 saturated heterocycles. The molecule has 2 unspecified atom stereocenters. The van der Waals surface area contributed by atoms with Gasteiger partial charge in [-0.25, -0.2) is 0 Å². The normalized spacial score (nSPS) is 25.4. The van der Waals surface area contributed by atoms with E-state index in [0.717, 1.165) is 12.3 Å². The van der Waals surface area contributed by atoms with Gasteiger partial charge in [0.15, 0.2) is 0 Å². The van der Waals surface area contributed by atoms with Crippen molar-refractivity contribution in [1.82, 2.24) is 0 Å². The molecule has 14 heavy (non-hydrogen) atoms. The molecule has 1 nitrogen and oxygen atoms in total. The lowest BCUT2D eigenvalue weighted by atomic mass is 9.78. The van der Waals surface area contributed by atoms with Gasteiger partial charge in [-0.15, -0.1) is 6.58 Å². The molecule has 1 rings (SSSR count). The van der Waals surface area contributed by atoms with Crippen molar-refractivity contribution < 1.29 is 5.11 Å². The fraction of sp³-hybridized carbons (Fsp3) is 0.846. The van der Waals surface area contributed by atoms with E-state index in [4.69, 9.17) is 0 Å². The zero-order chi connectivity index (χ0) is 10.6. The van der Waals surface area contributed by atoms with Gasteiger partial charge in [-0.3, -0.25) is 0 Å². The summed E-state index contributed by atoms with van der Waals surface area (Å²) < 4.78 is 0. The highest BCUT2D eigenvalue weighted by molar-refractivity contribution is 4.96. The molecule has 0 bridgehead atoms. The fourth-order valence-corrected chi connectivity index (χ4v) is 2.36. The van der Waals surface area contributed by atoms with Crippen molar-refractivity contribution in [1.29, 1.82) is 0 Å². The minimum Gasteiger partial charge on any atom is -0.386 e. The predicted molar refractivity (Wildman–Crippen MR) is 61.2 cm³/mol. The lowest BCUT2D eigenvalue weighted by Gasteiger charge is -2.31. The van der Waals surface area contributed by atoms with Crippen LogP contribution in [0.5, 0.6) is 0 Å². The van der Waals surface area contributed by atoms with Gasteiger partial charge >= 0.3 is 0 Å². The maximum Gasteiger partial charge on any atom is 0.0822 e. The summed E-state index contributed by atoms with van der Waals surface area (Å²) in [5.41, 5.74) is -0.683. The third-order valence-electron chi connectivity index (χ3n) is 3.82. The molecule has 0 amide bonds. The molecule has 2 atom stereocenters. The molecule has 1 aliphatic rings. The van der Waals surface area contributed by atoms with Gasteiger partial charge in [-0.2, -0.15) is 0 Å². The highest BCUT2D eigenvalue weighted by atomic mass is 16.3. The Bertz CT molecular complexity index is 178. The van der Waals surface area contributed by atoms with Crippen LogP contribution in [0, 0.1) is 11.8 Å². The first kappa shape index (κ1) is 11.8. The molecular weight excluding hydrogens is 172 g/mol. The van der Waals surface area contributed by atoms with E-state index < -0.39 is 5.60 Å². The average Bonchev–Trinajstić information content (AvgIpc) is 2.19. The maximum atomic E-state index is 10.0. The summed E-state index contributed by atoms with van der Waals surface area (Å²) in [6, 6.07) is 0. The van der Waals surface area contributed by atoms with E-state index in [2.05, 4.69) is 13.5 Å². The molecule has 1 saturated carbocycles. The Labute approximate surface area is 88.2 Å². The van der Waals surface area contributed by atoms with Crippen molar-refractivity contribution >= 4 is 0 Å². The van der Waals surface area contributed by atoms with Crippen LogP contribution in [0.25, 0.3) is 0 Å². The van der Waals surface area contributed by atoms with Crippen molar-refractivity contribution in [3.8, 4) is 0 Å². The predicted octanol–water partition coefficient (Wildman–Crippen LogP) is 3.53. The molecule has 1 heteroatoms. The summed E-state index contributed by atoms with van der Waals surface area (Å²) >= 11 is 0. The minimum atomic E-state index is -0.683. The largest absolute Gasteiger partial charge is 0.386 e. The Morgan fingerprint density at radius 2 is 2.00 bits per heavy atom. The summed E-state index contributed by atoms with van der Waals surface area (Å²) in [6.45, 7) is 7.70. The second-order valence-electron chi connectivity index (χ2n) is 5.07. The lowest BCUT2D eigenvalue weighted by molar-refractivity contribution is 0.0396. The van der Waals surface area contributed by atoms with Gasteiger partial charge in [0.05, 0.1) is 5.60 Å². The topological polar surface area (TPSA) is 20.2 Å². The molecule has 0 aromatic heterocycles. The number of hydrogen-bond acceptors (Lipinski definition) is 1. The van der Waals surface area contributed by atoms with Gasteiger partial charge < -0.3 is 5.11 Å². The first-order valence-electron chi connectivity index (χ1n) is 5.92. The van der Waals surface area contributed by atoms with Crippen molar-refractivity contribution in [3.63, 3.8) is 0 Å². The van der Waals surface area contributed by atoms with Gasteiger partial charge in [-0.05, 0) is 25.2 Å². The van der Waals surface area contributed by atoms with E-state index in [1.165, 1.54) is 32.1 Å². The number of hydrogen-bond donors (Lipinski definition) is 1. The molecule has 0 radical (unpaired) electrons. The molecule has 1 fully saturated rings. The standard InChI is InChI=1S/C13H24O/c1-4-13(3,14)11(2)10-12-8-6-5-7-9-12/h4,11-12,14H,1,5-10H2,2-3H3. The second-order valence-corrected chi connectivity index (χ2v) is 5.07. The SMILES string of the molecule is C=CC(C)(O)C(C)CC1CCCCC1. The molecular formula is C13H24O. The van der Waals surface area contributed by atoms with Crippen LogP contribution in [0.3, 0.4) is 0 Å². The highest BCUT2D eigenvalue weighted by Crippen LogP contribution is 2.32. The summed E-state index contributed by atoms with van der Waals surface area (Å²) in [5.74, 6) is 1.17. The highest BCUT2D eigenvalue weighted by Gasteiger charge is 2.27. The Balaban J connectivity index is 2.38. The third kappa shape index (κ3) is 3.13. The molecule has 1 N–H and O–H groups in total. The van der Waals surface area contributed by atoms with Crippen LogP contribution in [0.4, 0.5) is 0 Å². The summed E-state index contributed by atoms with van der Waals surface area (Å²) in [6.07, 6.45) is 9.72. The van der Waals surface area contributed by atoms with E-state index in [1.807, 2.05) is 6.92 Å². The zero-order valence-electron chi connectivity index (χ0n) is 9.63. The molecule has 0 aliphatic heterocycles. The molecule has 0 aromatic rings. The third-order valence-corrected chi connectivity index (χ3v) is 3.82. The van der Waals surface area contributed by atoms with E-state index in [-0.39, 0.29) is 0 Å². The van der Waals surface area contributed by atoms with Crippen LogP contribution in [-0.2, 0) is 0 Å². The van der Waals surface area contributed by atoms with Crippen LogP contribution < -0.4 is 0 Å². The van der Waals surface area contributed by atoms with Gasteiger partial charge in [0.2, 0.25) is 0 Å². The van der Waals surface area contributed by atoms with Crippen LogP contribution in [-0.4, -0.2) is 10.7 Å². The molecule has 82 valence electrons. The van der Waals surface area contributed by atoms with Crippen molar-refractivity contribution in [2.75, 3.05) is 0 Å². The summed E-state index contributed by atoms with van der Waals surface area (Å²) in [7, 11) is 0. The minimum absolute atomic E-state index is 0.336. The first-order valence-corrected chi connectivity index (χ1v) is 5.92. The second kappa shape index (κ2) is 4.97. The van der Waals surface area contributed by atoms with Crippen LogP contribution in [0.1, 0.15) is 52.4 Å². The molecule has 0 heterocycles. The van der Waals surface area contributed by atoms with Crippen molar-refractivity contribution in [2.45, 2.75) is 58.0 Å². The van der Waals surface area contributed by atoms with Gasteiger partial charge in [-0.1, -0.05) is 45.1 Å². The van der Waals surface area contributed by atoms with Crippen LogP contribution in [0.15, 0.2) is 12.7 Å². The summed E-state index contributed by atoms with van der Waals surface area (Å²) in [4.78, 5) is 0. The maximum absolute atomic E-state index is 10.0. The molecule has 0 aromatic carbocycles. The van der Waals surface area contributed by atoms with Crippen LogP contribution >= 0.6 is 0 Å². The van der Waals surface area contributed by atoms with E-state index in [9.17, 15) is 5.11 Å². The number of rotatable bonds is 4. The first-order chi connectivity index (χ1) is 6.56. The Morgan fingerprint density at radius 3 is 2.50 bits per heavy atom. The number of aliphatic hydroxyl groups is 1. The van der Waals surface area contributed by atoms with Crippen LogP contribution in [0.2, 0.25) is 0 Å². The Morgan fingerprint density at radius 1 is 1.43 bits per heavy atom. The van der Waals surface area contributed by atoms with Crippen molar-refractivity contribution in [3.05, 3.63) is 12.7 Å². The monoisotopic (exact) mass is 196 g/mol. The van der Waals surface area contributed by atoms with Gasteiger partial charge in [0, 0.05) is 0 Å². The molecule has 0 spiro atoms. The summed E-state index contributed by atoms with van der Waals surface area (Å²) in [5, 5.41) is 10.0. The quantitative estimate of drug-likeness (QED) is 0.682. The van der Waals surface area contributed by atoms with E-state index in [1.54, 1.807) is 6.08 Å². The Kier molecular flexibility index (Phi) is 4.18. The average molecular weight is 196 g/mol. The van der Waals surface area contributed by atoms with E-state index >= 15 is 0 Å². The van der Waals surface area contributed by atoms with Gasteiger partial charge in [0.25, 0.3) is 0 Å². The fourth-order valence-electron chi connectivity index (χ4n) is 2.36. The van der Waals surface area contributed by atoms with E-state index in [0.29, 0.717) is 5.92 Å². The molecule has 1 aliphatic carbocycles. The zero-order valence-corrected chi connectivity index (χ0v) is 9.63. The Hall–Kier alpha value is -0.300. The lowest BCUT2D eigenvalue weighted by Crippen LogP contribution is -2.31.